The Labute approximate surface area is 207 Å². The summed E-state index contributed by atoms with van der Waals surface area (Å²) in [6.45, 7) is 4.67. The van der Waals surface area contributed by atoms with Crippen LogP contribution in [-0.4, -0.2) is 12.6 Å². The first-order valence-electron chi connectivity index (χ1n) is 12.5. The molecule has 3 nitrogen and oxygen atoms in total. The van der Waals surface area contributed by atoms with Crippen molar-refractivity contribution in [3.8, 4) is 22.6 Å². The molecule has 0 aromatic heterocycles. The molecule has 0 aliphatic carbocycles. The molecule has 3 rings (SSSR count). The Bertz CT molecular complexity index is 1090. The molecule has 0 bridgehead atoms. The van der Waals surface area contributed by atoms with E-state index in [1.807, 2.05) is 6.92 Å². The third kappa shape index (κ3) is 7.91. The third-order valence-corrected chi connectivity index (χ3v) is 5.90. The average Bonchev–Trinajstić information content (AvgIpc) is 2.86. The predicted octanol–water partition coefficient (Wildman–Crippen LogP) is 8.54. The Morgan fingerprint density at radius 1 is 0.743 bits per heavy atom. The van der Waals surface area contributed by atoms with Gasteiger partial charge in [0.05, 0.1) is 12.2 Å². The lowest BCUT2D eigenvalue weighted by Crippen LogP contribution is -2.08. The summed E-state index contributed by atoms with van der Waals surface area (Å²) in [4.78, 5) is 12.5. The van der Waals surface area contributed by atoms with Crippen LogP contribution in [0, 0.1) is 11.6 Å². The largest absolute Gasteiger partial charge is 0.491 e. The lowest BCUT2D eigenvalue weighted by atomic mass is 10.0. The molecular formula is C30H34F2O3. The zero-order chi connectivity index (χ0) is 25.0. The maximum Gasteiger partial charge on any atom is 0.343 e. The Morgan fingerprint density at radius 2 is 1.46 bits per heavy atom. The van der Waals surface area contributed by atoms with Gasteiger partial charge in [-0.1, -0.05) is 76.6 Å². The van der Waals surface area contributed by atoms with Crippen molar-refractivity contribution in [3.63, 3.8) is 0 Å². The summed E-state index contributed by atoms with van der Waals surface area (Å²) >= 11 is 0. The topological polar surface area (TPSA) is 35.5 Å². The number of esters is 1. The van der Waals surface area contributed by atoms with E-state index in [0.29, 0.717) is 29.7 Å². The van der Waals surface area contributed by atoms with Gasteiger partial charge in [-0.25, -0.2) is 13.6 Å². The molecule has 0 aliphatic rings. The number of halogens is 2. The summed E-state index contributed by atoms with van der Waals surface area (Å²) in [6, 6.07) is 16.0. The summed E-state index contributed by atoms with van der Waals surface area (Å²) in [5, 5.41) is 0. The number of rotatable bonds is 13. The number of unbranched alkanes of at least 4 members (excludes halogenated alkanes) is 5. The van der Waals surface area contributed by atoms with Crippen molar-refractivity contribution < 1.29 is 23.0 Å². The highest BCUT2D eigenvalue weighted by Crippen LogP contribution is 2.27. The zero-order valence-corrected chi connectivity index (χ0v) is 20.6. The molecule has 0 amide bonds. The van der Waals surface area contributed by atoms with Crippen LogP contribution < -0.4 is 9.47 Å². The smallest absolute Gasteiger partial charge is 0.343 e. The minimum atomic E-state index is -0.580. The van der Waals surface area contributed by atoms with E-state index in [1.54, 1.807) is 48.5 Å². The van der Waals surface area contributed by atoms with Crippen molar-refractivity contribution in [1.82, 2.24) is 0 Å². The first-order chi connectivity index (χ1) is 17.0. The number of ether oxygens (including phenoxy) is 2. The Kier molecular flexibility index (Phi) is 10.3. The summed E-state index contributed by atoms with van der Waals surface area (Å²) in [6.07, 6.45) is 8.37. The van der Waals surface area contributed by atoms with Gasteiger partial charge in [0.1, 0.15) is 11.6 Å². The Balaban J connectivity index is 1.55. The van der Waals surface area contributed by atoms with Gasteiger partial charge in [-0.2, -0.15) is 0 Å². The fraction of sp³-hybridized carbons (Fsp3) is 0.367. The molecule has 0 fully saturated rings. The van der Waals surface area contributed by atoms with E-state index in [9.17, 15) is 13.6 Å². The molecule has 35 heavy (non-hydrogen) atoms. The predicted molar refractivity (Wildman–Crippen MR) is 136 cm³/mol. The van der Waals surface area contributed by atoms with Crippen LogP contribution >= 0.6 is 0 Å². The maximum atomic E-state index is 14.5. The van der Waals surface area contributed by atoms with Crippen LogP contribution in [0.2, 0.25) is 0 Å². The molecule has 0 unspecified atom stereocenters. The number of aryl methyl sites for hydroxylation is 1. The molecule has 0 saturated heterocycles. The molecule has 0 heterocycles. The fourth-order valence-corrected chi connectivity index (χ4v) is 3.89. The Morgan fingerprint density at radius 3 is 2.14 bits per heavy atom. The summed E-state index contributed by atoms with van der Waals surface area (Å²) in [5.41, 5.74) is 2.37. The van der Waals surface area contributed by atoms with Gasteiger partial charge in [-0.05, 0) is 59.9 Å². The van der Waals surface area contributed by atoms with Crippen LogP contribution in [0.25, 0.3) is 11.1 Å². The van der Waals surface area contributed by atoms with Gasteiger partial charge in [0.25, 0.3) is 0 Å². The van der Waals surface area contributed by atoms with Gasteiger partial charge in [0.15, 0.2) is 11.6 Å². The quantitative estimate of drug-likeness (QED) is 0.140. The second kappa shape index (κ2) is 13.6. The monoisotopic (exact) mass is 480 g/mol. The van der Waals surface area contributed by atoms with E-state index in [1.165, 1.54) is 37.8 Å². The van der Waals surface area contributed by atoms with Crippen molar-refractivity contribution in [2.24, 2.45) is 0 Å². The van der Waals surface area contributed by atoms with Crippen LogP contribution in [0.1, 0.15) is 74.7 Å². The number of carbonyl (C=O) groups is 1. The highest BCUT2D eigenvalue weighted by atomic mass is 19.1. The van der Waals surface area contributed by atoms with Crippen LogP contribution in [0.4, 0.5) is 8.78 Å². The summed E-state index contributed by atoms with van der Waals surface area (Å²) in [7, 11) is 0. The van der Waals surface area contributed by atoms with Crippen LogP contribution in [-0.2, 0) is 6.42 Å². The second-order valence-corrected chi connectivity index (χ2v) is 8.73. The first-order valence-corrected chi connectivity index (χ1v) is 12.5. The van der Waals surface area contributed by atoms with E-state index < -0.39 is 11.8 Å². The number of benzene rings is 3. The van der Waals surface area contributed by atoms with E-state index in [-0.39, 0.29) is 17.3 Å². The minimum absolute atomic E-state index is 0.162. The molecule has 0 atom stereocenters. The fourth-order valence-electron chi connectivity index (χ4n) is 3.89. The maximum absolute atomic E-state index is 14.5. The second-order valence-electron chi connectivity index (χ2n) is 8.73. The van der Waals surface area contributed by atoms with Gasteiger partial charge in [-0.3, -0.25) is 0 Å². The molecular weight excluding hydrogens is 446 g/mol. The molecule has 0 N–H and O–H groups in total. The van der Waals surface area contributed by atoms with E-state index >= 15 is 0 Å². The van der Waals surface area contributed by atoms with Gasteiger partial charge in [-0.15, -0.1) is 0 Å². The van der Waals surface area contributed by atoms with Gasteiger partial charge >= 0.3 is 5.97 Å². The molecule has 3 aromatic carbocycles. The normalized spacial score (nSPS) is 10.9. The van der Waals surface area contributed by atoms with E-state index in [4.69, 9.17) is 9.47 Å². The molecule has 0 radical (unpaired) electrons. The highest BCUT2D eigenvalue weighted by molar-refractivity contribution is 5.91. The molecule has 0 aliphatic heterocycles. The van der Waals surface area contributed by atoms with Gasteiger partial charge in [0, 0.05) is 6.07 Å². The Hall–Kier alpha value is -3.21. The van der Waals surface area contributed by atoms with Gasteiger partial charge < -0.3 is 9.47 Å². The molecule has 0 spiro atoms. The number of hydrogen-bond donors (Lipinski definition) is 0. The van der Waals surface area contributed by atoms with Crippen LogP contribution in [0.15, 0.2) is 60.7 Å². The minimum Gasteiger partial charge on any atom is -0.491 e. The van der Waals surface area contributed by atoms with Crippen molar-refractivity contribution in [1.29, 1.82) is 0 Å². The van der Waals surface area contributed by atoms with E-state index in [2.05, 4.69) is 6.92 Å². The molecule has 186 valence electrons. The summed E-state index contributed by atoms with van der Waals surface area (Å²) in [5.74, 6) is -0.960. The summed E-state index contributed by atoms with van der Waals surface area (Å²) < 4.78 is 39.6. The van der Waals surface area contributed by atoms with Crippen LogP contribution in [0.3, 0.4) is 0 Å². The lowest BCUT2D eigenvalue weighted by Gasteiger charge is -2.10. The van der Waals surface area contributed by atoms with Crippen molar-refractivity contribution in [2.45, 2.75) is 65.2 Å². The van der Waals surface area contributed by atoms with Crippen molar-refractivity contribution in [2.75, 3.05) is 6.61 Å². The zero-order valence-electron chi connectivity index (χ0n) is 20.6. The number of carbonyl (C=O) groups excluding carboxylic acids is 1. The molecule has 3 aromatic rings. The molecule has 0 saturated carbocycles. The van der Waals surface area contributed by atoms with E-state index in [0.717, 1.165) is 24.8 Å². The number of hydrogen-bond acceptors (Lipinski definition) is 3. The van der Waals surface area contributed by atoms with Crippen LogP contribution in [0.5, 0.6) is 11.5 Å². The lowest BCUT2D eigenvalue weighted by molar-refractivity contribution is 0.0734. The van der Waals surface area contributed by atoms with Crippen molar-refractivity contribution >= 4 is 5.97 Å². The highest BCUT2D eigenvalue weighted by Gasteiger charge is 2.12. The van der Waals surface area contributed by atoms with Gasteiger partial charge in [0.2, 0.25) is 0 Å². The SMILES string of the molecule is CCCCCCCCOc1ccc(-c2ccc(C(=O)Oc3ccc(CCC)c(F)c3)cc2)cc1F. The van der Waals surface area contributed by atoms with Crippen molar-refractivity contribution in [3.05, 3.63) is 83.4 Å². The standard InChI is InChI=1S/C30H34F2O3/c1-3-5-6-7-8-9-19-34-29-18-16-25(20-28(29)32)22-11-13-24(14-12-22)30(33)35-26-17-15-23(10-4-2)27(31)21-26/h11-18,20-21H,3-10,19H2,1-2H3. The first kappa shape index (κ1) is 26.4. The third-order valence-electron chi connectivity index (χ3n) is 5.90. The molecule has 5 heteroatoms. The average molecular weight is 481 g/mol.